The minimum absolute atomic E-state index is 0.0281. The molecule has 0 unspecified atom stereocenters. The summed E-state index contributed by atoms with van der Waals surface area (Å²) in [6, 6.07) is 5.59. The Morgan fingerprint density at radius 2 is 2.35 bits per heavy atom. The fourth-order valence-corrected chi connectivity index (χ4v) is 2.87. The van der Waals surface area contributed by atoms with Crippen molar-refractivity contribution in [3.8, 4) is 5.88 Å². The predicted octanol–water partition coefficient (Wildman–Crippen LogP) is 1.22. The highest BCUT2D eigenvalue weighted by Crippen LogP contribution is 2.34. The average Bonchev–Trinajstić information content (AvgIpc) is 3.21. The average molecular weight is 316 g/mol. The third kappa shape index (κ3) is 3.19. The molecule has 0 aliphatic carbocycles. The first-order chi connectivity index (χ1) is 11.2. The summed E-state index contributed by atoms with van der Waals surface area (Å²) in [7, 11) is 3.42. The fraction of sp³-hybridized carbons (Fsp3) is 0.438. The van der Waals surface area contributed by atoms with Crippen LogP contribution in [0.3, 0.4) is 0 Å². The van der Waals surface area contributed by atoms with Gasteiger partial charge in [0.1, 0.15) is 6.10 Å². The number of carbonyl (C=O) groups is 1. The van der Waals surface area contributed by atoms with Gasteiger partial charge in [-0.1, -0.05) is 6.07 Å². The normalized spacial score (nSPS) is 20.4. The molecule has 23 heavy (non-hydrogen) atoms. The first-order valence-electron chi connectivity index (χ1n) is 7.56. The van der Waals surface area contributed by atoms with E-state index in [2.05, 4.69) is 15.4 Å². The summed E-state index contributed by atoms with van der Waals surface area (Å²) in [6.45, 7) is 0.953. The minimum Gasteiger partial charge on any atom is -0.481 e. The Bertz CT molecular complexity index is 685. The van der Waals surface area contributed by atoms with E-state index in [9.17, 15) is 4.79 Å². The number of ether oxygens (including phenoxy) is 2. The second kappa shape index (κ2) is 6.78. The topological polar surface area (TPSA) is 78.3 Å². The molecule has 0 aromatic carbocycles. The number of aromatic nitrogens is 3. The summed E-state index contributed by atoms with van der Waals surface area (Å²) in [6.07, 6.45) is 3.82. The number of nitrogens with one attached hydrogen (secondary N) is 1. The maximum absolute atomic E-state index is 12.6. The molecule has 1 N–H and O–H groups in total. The summed E-state index contributed by atoms with van der Waals surface area (Å²) < 4.78 is 12.7. The first-order valence-corrected chi connectivity index (χ1v) is 7.56. The Kier molecular flexibility index (Phi) is 4.57. The van der Waals surface area contributed by atoms with Gasteiger partial charge < -0.3 is 14.8 Å². The molecule has 0 radical (unpaired) electrons. The first kappa shape index (κ1) is 15.5. The van der Waals surface area contributed by atoms with Gasteiger partial charge in [0.2, 0.25) is 11.8 Å². The molecule has 7 heteroatoms. The van der Waals surface area contributed by atoms with Gasteiger partial charge in [0.25, 0.3) is 0 Å². The van der Waals surface area contributed by atoms with Crippen LogP contribution in [0.25, 0.3) is 0 Å². The van der Waals surface area contributed by atoms with Crippen LogP contribution in [-0.2, 0) is 23.1 Å². The fourth-order valence-electron chi connectivity index (χ4n) is 2.87. The van der Waals surface area contributed by atoms with E-state index >= 15 is 0 Å². The molecule has 2 atom stereocenters. The third-order valence-corrected chi connectivity index (χ3v) is 4.08. The van der Waals surface area contributed by atoms with Gasteiger partial charge in [0, 0.05) is 38.2 Å². The van der Waals surface area contributed by atoms with Crippen molar-refractivity contribution in [2.45, 2.75) is 19.1 Å². The van der Waals surface area contributed by atoms with Crippen molar-refractivity contribution in [1.82, 2.24) is 20.1 Å². The highest BCUT2D eigenvalue weighted by molar-refractivity contribution is 5.79. The summed E-state index contributed by atoms with van der Waals surface area (Å²) in [5.41, 5.74) is 1.76. The Hall–Kier alpha value is -2.41. The minimum atomic E-state index is -0.252. The molecule has 7 nitrogen and oxygen atoms in total. The van der Waals surface area contributed by atoms with Gasteiger partial charge in [0.15, 0.2) is 0 Å². The number of hydrogen-bond donors (Lipinski definition) is 1. The smallest absolute Gasteiger partial charge is 0.226 e. The van der Waals surface area contributed by atoms with E-state index in [4.69, 9.17) is 9.47 Å². The van der Waals surface area contributed by atoms with Crippen molar-refractivity contribution in [1.29, 1.82) is 0 Å². The van der Waals surface area contributed by atoms with Gasteiger partial charge in [-0.05, 0) is 18.6 Å². The molecule has 0 bridgehead atoms. The number of methoxy groups -OCH3 is 1. The van der Waals surface area contributed by atoms with Crippen LogP contribution in [0.15, 0.2) is 30.6 Å². The summed E-state index contributed by atoms with van der Waals surface area (Å²) >= 11 is 0. The van der Waals surface area contributed by atoms with Crippen LogP contribution in [-0.4, -0.2) is 34.4 Å². The lowest BCUT2D eigenvalue weighted by molar-refractivity contribution is -0.127. The molecule has 3 heterocycles. The summed E-state index contributed by atoms with van der Waals surface area (Å²) in [5.74, 6) is 0.284. The number of amides is 1. The van der Waals surface area contributed by atoms with Crippen molar-refractivity contribution >= 4 is 5.91 Å². The summed E-state index contributed by atoms with van der Waals surface area (Å²) in [4.78, 5) is 16.7. The van der Waals surface area contributed by atoms with Crippen molar-refractivity contribution in [3.05, 3.63) is 41.9 Å². The maximum Gasteiger partial charge on any atom is 0.226 e. The SMILES string of the molecule is COc1ncccc1CNC(=O)[C@@H]1CCO[C@H]1c1ccnn1C. The van der Waals surface area contributed by atoms with Gasteiger partial charge in [-0.25, -0.2) is 4.98 Å². The molecule has 1 aliphatic rings. The lowest BCUT2D eigenvalue weighted by Gasteiger charge is -2.18. The van der Waals surface area contributed by atoms with Crippen LogP contribution < -0.4 is 10.1 Å². The monoisotopic (exact) mass is 316 g/mol. The Morgan fingerprint density at radius 1 is 1.48 bits per heavy atom. The zero-order valence-electron chi connectivity index (χ0n) is 13.2. The third-order valence-electron chi connectivity index (χ3n) is 4.08. The molecule has 2 aromatic rings. The van der Waals surface area contributed by atoms with E-state index < -0.39 is 0 Å². The highest BCUT2D eigenvalue weighted by Gasteiger charge is 2.36. The summed E-state index contributed by atoms with van der Waals surface area (Å²) in [5, 5.41) is 7.11. The molecule has 2 aromatic heterocycles. The van der Waals surface area contributed by atoms with E-state index in [0.717, 1.165) is 11.3 Å². The van der Waals surface area contributed by atoms with Crippen LogP contribution in [0.5, 0.6) is 5.88 Å². The van der Waals surface area contributed by atoms with Crippen molar-refractivity contribution < 1.29 is 14.3 Å². The van der Waals surface area contributed by atoms with Gasteiger partial charge in [-0.2, -0.15) is 5.10 Å². The molecule has 1 amide bonds. The van der Waals surface area contributed by atoms with Crippen LogP contribution in [0, 0.1) is 5.92 Å². The second-order valence-electron chi connectivity index (χ2n) is 5.46. The van der Waals surface area contributed by atoms with Crippen LogP contribution in [0.2, 0.25) is 0 Å². The standard InChI is InChI=1S/C16H20N4O3/c1-20-13(5-8-19-20)14-12(6-9-23-14)15(21)18-10-11-4-3-7-17-16(11)22-2/h3-5,7-8,12,14H,6,9-10H2,1-2H3,(H,18,21)/t12-,14-/m1/s1. The van der Waals surface area contributed by atoms with Gasteiger partial charge in [0.05, 0.1) is 18.7 Å². The number of rotatable bonds is 5. The molecule has 0 saturated carbocycles. The van der Waals surface area contributed by atoms with E-state index in [1.54, 1.807) is 24.2 Å². The van der Waals surface area contributed by atoms with Crippen LogP contribution in [0.4, 0.5) is 0 Å². The Balaban J connectivity index is 1.67. The van der Waals surface area contributed by atoms with Crippen molar-refractivity contribution in [3.63, 3.8) is 0 Å². The van der Waals surface area contributed by atoms with Gasteiger partial charge >= 0.3 is 0 Å². The molecule has 3 rings (SSSR count). The Morgan fingerprint density at radius 3 is 3.09 bits per heavy atom. The predicted molar refractivity (Wildman–Crippen MR) is 82.6 cm³/mol. The van der Waals surface area contributed by atoms with E-state index in [1.807, 2.05) is 25.2 Å². The molecule has 1 fully saturated rings. The molecule has 1 aliphatic heterocycles. The molecule has 1 saturated heterocycles. The highest BCUT2D eigenvalue weighted by atomic mass is 16.5. The number of carbonyl (C=O) groups excluding carboxylic acids is 1. The quantitative estimate of drug-likeness (QED) is 0.897. The lowest BCUT2D eigenvalue weighted by atomic mass is 9.98. The van der Waals surface area contributed by atoms with Gasteiger partial charge in [-0.3, -0.25) is 9.48 Å². The van der Waals surface area contributed by atoms with Gasteiger partial charge in [-0.15, -0.1) is 0 Å². The van der Waals surface area contributed by atoms with Crippen molar-refractivity contribution in [2.24, 2.45) is 13.0 Å². The number of hydrogen-bond acceptors (Lipinski definition) is 5. The number of pyridine rings is 1. The number of aryl methyl sites for hydroxylation is 1. The zero-order valence-corrected chi connectivity index (χ0v) is 13.2. The molecule has 122 valence electrons. The molecular formula is C16H20N4O3. The van der Waals surface area contributed by atoms with E-state index in [0.29, 0.717) is 25.5 Å². The maximum atomic E-state index is 12.6. The Labute approximate surface area is 134 Å². The molecule has 0 spiro atoms. The number of nitrogens with zero attached hydrogens (tertiary/aromatic N) is 3. The van der Waals surface area contributed by atoms with Crippen LogP contribution >= 0.6 is 0 Å². The molecular weight excluding hydrogens is 296 g/mol. The van der Waals surface area contributed by atoms with Crippen molar-refractivity contribution in [2.75, 3.05) is 13.7 Å². The van der Waals surface area contributed by atoms with E-state index in [-0.39, 0.29) is 17.9 Å². The largest absolute Gasteiger partial charge is 0.481 e. The van der Waals surface area contributed by atoms with Crippen LogP contribution in [0.1, 0.15) is 23.8 Å². The van der Waals surface area contributed by atoms with E-state index in [1.165, 1.54) is 0 Å². The lowest BCUT2D eigenvalue weighted by Crippen LogP contribution is -2.32. The zero-order chi connectivity index (χ0) is 16.2. The second-order valence-corrected chi connectivity index (χ2v) is 5.46.